The summed E-state index contributed by atoms with van der Waals surface area (Å²) in [6, 6.07) is 0. The number of aliphatic hydroxyl groups excluding tert-OH is 1. The number of hydrogen-bond acceptors (Lipinski definition) is 3. The lowest BCUT2D eigenvalue weighted by Gasteiger charge is -1.98. The van der Waals surface area contributed by atoms with Crippen molar-refractivity contribution in [3.63, 3.8) is 0 Å². The third-order valence-electron chi connectivity index (χ3n) is 1.03. The smallest absolute Gasteiger partial charge is 0.340 e. The minimum Gasteiger partial charge on any atom is -0.515 e. The molecule has 3 N–H and O–H groups in total. The Bertz CT molecular complexity index is 200. The molecule has 0 aliphatic rings. The Hall–Kier alpha value is -1.39. The Labute approximate surface area is 62.5 Å². The van der Waals surface area contributed by atoms with Crippen LogP contribution < -0.4 is 0 Å². The summed E-state index contributed by atoms with van der Waals surface area (Å²) in [5.74, 6) is -1.43. The van der Waals surface area contributed by atoms with Crippen LogP contribution in [-0.2, 0) is 4.79 Å². The van der Waals surface area contributed by atoms with Gasteiger partial charge in [0, 0.05) is 6.42 Å². The van der Waals surface area contributed by atoms with E-state index in [0.29, 0.717) is 6.26 Å². The first-order chi connectivity index (χ1) is 5.13. The van der Waals surface area contributed by atoms with Crippen molar-refractivity contribution >= 4 is 11.7 Å². The highest BCUT2D eigenvalue weighted by Crippen LogP contribution is 2.00. The predicted octanol–water partition coefficient (Wildman–Crippen LogP) is 0.892. The molecule has 0 saturated carbocycles. The molecule has 0 atom stereocenters. The van der Waals surface area contributed by atoms with E-state index in [2.05, 4.69) is 0 Å². The fraction of sp³-hybridized carbons (Fsp3) is 0.333. The largest absolute Gasteiger partial charge is 0.515 e. The number of aliphatic hydroxyl groups is 1. The van der Waals surface area contributed by atoms with E-state index in [4.69, 9.17) is 15.6 Å². The molecule has 4 nitrogen and oxygen atoms in total. The van der Waals surface area contributed by atoms with Crippen molar-refractivity contribution in [3.05, 3.63) is 11.8 Å². The van der Waals surface area contributed by atoms with Gasteiger partial charge in [-0.3, -0.25) is 4.39 Å². The molecule has 0 aliphatic heterocycles. The summed E-state index contributed by atoms with van der Waals surface area (Å²) < 4.78 is 11.6. The van der Waals surface area contributed by atoms with Crippen LogP contribution in [0.15, 0.2) is 11.8 Å². The van der Waals surface area contributed by atoms with Gasteiger partial charge in [-0.1, -0.05) is 0 Å². The van der Waals surface area contributed by atoms with Crippen molar-refractivity contribution < 1.29 is 19.4 Å². The van der Waals surface area contributed by atoms with E-state index in [1.807, 2.05) is 0 Å². The van der Waals surface area contributed by atoms with Crippen molar-refractivity contribution in [3.8, 4) is 0 Å². The highest BCUT2D eigenvalue weighted by Gasteiger charge is 2.12. The second-order valence-electron chi connectivity index (χ2n) is 1.77. The first-order valence-corrected chi connectivity index (χ1v) is 2.85. The van der Waals surface area contributed by atoms with Crippen LogP contribution >= 0.6 is 0 Å². The van der Waals surface area contributed by atoms with E-state index in [0.717, 1.165) is 0 Å². The number of alkyl halides is 1. The molecule has 11 heavy (non-hydrogen) atoms. The maximum atomic E-state index is 11.6. The summed E-state index contributed by atoms with van der Waals surface area (Å²) in [5.41, 5.74) is -0.981. The molecule has 0 aliphatic carbocycles. The number of rotatable bonds is 4. The molecular formula is C6H8FNO3. The van der Waals surface area contributed by atoms with Crippen molar-refractivity contribution in [1.29, 1.82) is 5.41 Å². The normalized spacial score (nSPS) is 11.2. The Morgan fingerprint density at radius 2 is 2.18 bits per heavy atom. The van der Waals surface area contributed by atoms with Gasteiger partial charge in [-0.05, 0) is 0 Å². The molecule has 0 fully saturated rings. The SMILES string of the molecule is N=C(CCF)/C(=C\O)C(=O)O. The molecule has 0 unspecified atom stereocenters. The average molecular weight is 161 g/mol. The zero-order valence-electron chi connectivity index (χ0n) is 5.67. The first kappa shape index (κ1) is 9.61. The molecule has 0 amide bonds. The molecule has 0 aromatic carbocycles. The number of aliphatic carboxylic acids is 1. The Balaban J connectivity index is 4.29. The van der Waals surface area contributed by atoms with Gasteiger partial charge in [0.05, 0.1) is 18.6 Å². The molecule has 62 valence electrons. The van der Waals surface area contributed by atoms with Crippen molar-refractivity contribution in [1.82, 2.24) is 0 Å². The molecule has 0 heterocycles. The van der Waals surface area contributed by atoms with Crippen LogP contribution in [0.3, 0.4) is 0 Å². The lowest BCUT2D eigenvalue weighted by Crippen LogP contribution is -2.11. The Kier molecular flexibility index (Phi) is 3.87. The maximum Gasteiger partial charge on any atom is 0.340 e. The second kappa shape index (κ2) is 4.43. The molecule has 0 bridgehead atoms. The van der Waals surface area contributed by atoms with Gasteiger partial charge in [0.25, 0.3) is 0 Å². The number of halogens is 1. The van der Waals surface area contributed by atoms with Crippen molar-refractivity contribution in [2.45, 2.75) is 6.42 Å². The topological polar surface area (TPSA) is 81.4 Å². The lowest BCUT2D eigenvalue weighted by atomic mass is 10.1. The quantitative estimate of drug-likeness (QED) is 0.325. The zero-order chi connectivity index (χ0) is 8.85. The van der Waals surface area contributed by atoms with Crippen LogP contribution in [0.2, 0.25) is 0 Å². The highest BCUT2D eigenvalue weighted by molar-refractivity contribution is 6.17. The summed E-state index contributed by atoms with van der Waals surface area (Å²) in [7, 11) is 0. The molecule has 0 radical (unpaired) electrons. The van der Waals surface area contributed by atoms with Crippen LogP contribution in [0.5, 0.6) is 0 Å². The van der Waals surface area contributed by atoms with Gasteiger partial charge < -0.3 is 15.6 Å². The van der Waals surface area contributed by atoms with Gasteiger partial charge in [-0.25, -0.2) is 4.79 Å². The molecule has 0 saturated heterocycles. The van der Waals surface area contributed by atoms with Crippen LogP contribution in [0.25, 0.3) is 0 Å². The highest BCUT2D eigenvalue weighted by atomic mass is 19.1. The standard InChI is InChI=1S/C6H8FNO3/c7-2-1-5(8)4(3-9)6(10)11/h3,8-9H,1-2H2,(H,10,11)/b4-3+,8-5?. The summed E-state index contributed by atoms with van der Waals surface area (Å²) in [6.07, 6.45) is -0.000972. The summed E-state index contributed by atoms with van der Waals surface area (Å²) >= 11 is 0. The van der Waals surface area contributed by atoms with Gasteiger partial charge in [0.1, 0.15) is 5.57 Å². The summed E-state index contributed by atoms with van der Waals surface area (Å²) in [4.78, 5) is 10.2. The monoisotopic (exact) mass is 161 g/mol. The molecule has 0 rings (SSSR count). The summed E-state index contributed by atoms with van der Waals surface area (Å²) in [5, 5.41) is 23.5. The third-order valence-corrected chi connectivity index (χ3v) is 1.03. The third kappa shape index (κ3) is 2.79. The van der Waals surface area contributed by atoms with E-state index in [1.165, 1.54) is 0 Å². The van der Waals surface area contributed by atoms with Gasteiger partial charge in [0.15, 0.2) is 0 Å². The van der Waals surface area contributed by atoms with E-state index >= 15 is 0 Å². The number of nitrogens with one attached hydrogen (secondary N) is 1. The number of carboxylic acid groups (broad SMARTS) is 1. The summed E-state index contributed by atoms with van der Waals surface area (Å²) in [6.45, 7) is -0.802. The lowest BCUT2D eigenvalue weighted by molar-refractivity contribution is -0.132. The molecule has 5 heteroatoms. The molecular weight excluding hydrogens is 153 g/mol. The zero-order valence-corrected chi connectivity index (χ0v) is 5.67. The fourth-order valence-electron chi connectivity index (χ4n) is 0.491. The van der Waals surface area contributed by atoms with Crippen LogP contribution in [0.1, 0.15) is 6.42 Å². The average Bonchev–Trinajstić information content (AvgIpc) is 1.88. The van der Waals surface area contributed by atoms with Gasteiger partial charge in [-0.15, -0.1) is 0 Å². The van der Waals surface area contributed by atoms with E-state index in [1.54, 1.807) is 0 Å². The minimum atomic E-state index is -1.43. The number of carboxylic acids is 1. The Morgan fingerprint density at radius 1 is 1.64 bits per heavy atom. The van der Waals surface area contributed by atoms with Gasteiger partial charge >= 0.3 is 5.97 Å². The van der Waals surface area contributed by atoms with Crippen molar-refractivity contribution in [2.75, 3.05) is 6.67 Å². The fourth-order valence-corrected chi connectivity index (χ4v) is 0.491. The number of hydrogen-bond donors (Lipinski definition) is 3. The van der Waals surface area contributed by atoms with Crippen LogP contribution in [-0.4, -0.2) is 28.6 Å². The first-order valence-electron chi connectivity index (χ1n) is 2.85. The maximum absolute atomic E-state index is 11.6. The minimum absolute atomic E-state index is 0.292. The van der Waals surface area contributed by atoms with Crippen LogP contribution in [0, 0.1) is 5.41 Å². The number of carbonyl (C=O) groups is 1. The molecule has 0 aromatic heterocycles. The van der Waals surface area contributed by atoms with E-state index in [-0.39, 0.29) is 6.42 Å². The van der Waals surface area contributed by atoms with Gasteiger partial charge in [-0.2, -0.15) is 0 Å². The van der Waals surface area contributed by atoms with Gasteiger partial charge in [0.2, 0.25) is 0 Å². The van der Waals surface area contributed by atoms with E-state index < -0.39 is 23.9 Å². The predicted molar refractivity (Wildman–Crippen MR) is 36.7 cm³/mol. The Morgan fingerprint density at radius 3 is 2.45 bits per heavy atom. The van der Waals surface area contributed by atoms with Crippen LogP contribution in [0.4, 0.5) is 4.39 Å². The van der Waals surface area contributed by atoms with E-state index in [9.17, 15) is 9.18 Å². The second-order valence-corrected chi connectivity index (χ2v) is 1.77. The molecule has 0 spiro atoms. The molecule has 0 aromatic rings. The van der Waals surface area contributed by atoms with Crippen molar-refractivity contribution in [2.24, 2.45) is 0 Å².